The zero-order valence-electron chi connectivity index (χ0n) is 7.85. The molecule has 0 bridgehead atoms. The van der Waals surface area contributed by atoms with E-state index in [1.54, 1.807) is 6.08 Å². The summed E-state index contributed by atoms with van der Waals surface area (Å²) in [4.78, 5) is 0. The van der Waals surface area contributed by atoms with E-state index in [2.05, 4.69) is 5.32 Å². The number of anilines is 1. The van der Waals surface area contributed by atoms with Crippen molar-refractivity contribution < 1.29 is 4.39 Å². The summed E-state index contributed by atoms with van der Waals surface area (Å²) in [6, 6.07) is 2.56. The fourth-order valence-electron chi connectivity index (χ4n) is 1.05. The number of nitrogens with two attached hydrogens (primary N) is 1. The van der Waals surface area contributed by atoms with Gasteiger partial charge in [0.25, 0.3) is 0 Å². The first-order valence-corrected chi connectivity index (χ1v) is 4.58. The standard InChI is InChI=1S/C10H12ClFN2/c1-14-4-2-3-7-5-8(12)6-9(11)10(7)13/h2-3,5-6,14H,4,13H2,1H3. The number of halogens is 2. The number of hydrogen-bond acceptors (Lipinski definition) is 2. The van der Waals surface area contributed by atoms with Crippen LogP contribution in [-0.4, -0.2) is 13.6 Å². The summed E-state index contributed by atoms with van der Waals surface area (Å²) >= 11 is 5.72. The molecule has 0 amide bonds. The van der Waals surface area contributed by atoms with Crippen molar-refractivity contribution in [2.24, 2.45) is 0 Å². The molecule has 0 heterocycles. The van der Waals surface area contributed by atoms with Gasteiger partial charge in [0.05, 0.1) is 10.7 Å². The molecule has 0 saturated heterocycles. The topological polar surface area (TPSA) is 38.0 Å². The van der Waals surface area contributed by atoms with Gasteiger partial charge < -0.3 is 11.1 Å². The SMILES string of the molecule is CNCC=Cc1cc(F)cc(Cl)c1N. The molecule has 14 heavy (non-hydrogen) atoms. The molecule has 0 aromatic heterocycles. The van der Waals surface area contributed by atoms with Crippen molar-refractivity contribution >= 4 is 23.4 Å². The zero-order valence-corrected chi connectivity index (χ0v) is 8.61. The van der Waals surface area contributed by atoms with Crippen LogP contribution in [0.3, 0.4) is 0 Å². The Hall–Kier alpha value is -1.06. The molecule has 0 atom stereocenters. The van der Waals surface area contributed by atoms with Crippen LogP contribution in [0.25, 0.3) is 6.08 Å². The smallest absolute Gasteiger partial charge is 0.125 e. The fourth-order valence-corrected chi connectivity index (χ4v) is 1.26. The molecule has 0 aliphatic heterocycles. The Morgan fingerprint density at radius 2 is 2.29 bits per heavy atom. The van der Waals surface area contributed by atoms with Crippen LogP contribution in [0.2, 0.25) is 5.02 Å². The third kappa shape index (κ3) is 2.72. The molecule has 0 saturated carbocycles. The molecule has 0 unspecified atom stereocenters. The van der Waals surface area contributed by atoms with Gasteiger partial charge in [0, 0.05) is 12.1 Å². The molecule has 1 aromatic carbocycles. The van der Waals surface area contributed by atoms with Crippen molar-refractivity contribution in [1.29, 1.82) is 0 Å². The van der Waals surface area contributed by atoms with E-state index < -0.39 is 0 Å². The Morgan fingerprint density at radius 1 is 1.57 bits per heavy atom. The highest BCUT2D eigenvalue weighted by Gasteiger charge is 2.03. The second-order valence-electron chi connectivity index (χ2n) is 2.85. The minimum absolute atomic E-state index is 0.245. The van der Waals surface area contributed by atoms with Gasteiger partial charge in [-0.3, -0.25) is 0 Å². The van der Waals surface area contributed by atoms with E-state index in [4.69, 9.17) is 17.3 Å². The van der Waals surface area contributed by atoms with Crippen LogP contribution < -0.4 is 11.1 Å². The molecule has 0 spiro atoms. The maximum atomic E-state index is 12.9. The zero-order chi connectivity index (χ0) is 10.6. The Morgan fingerprint density at radius 3 is 2.93 bits per heavy atom. The van der Waals surface area contributed by atoms with E-state index in [9.17, 15) is 4.39 Å². The van der Waals surface area contributed by atoms with Crippen molar-refractivity contribution in [2.45, 2.75) is 0 Å². The highest BCUT2D eigenvalue weighted by Crippen LogP contribution is 2.25. The summed E-state index contributed by atoms with van der Waals surface area (Å²) in [6.45, 7) is 0.702. The average molecular weight is 215 g/mol. The quantitative estimate of drug-likeness (QED) is 0.758. The number of benzene rings is 1. The summed E-state index contributed by atoms with van der Waals surface area (Å²) in [5, 5.41) is 3.18. The van der Waals surface area contributed by atoms with Gasteiger partial charge in [0.15, 0.2) is 0 Å². The molecule has 1 rings (SSSR count). The average Bonchev–Trinajstić information content (AvgIpc) is 2.13. The van der Waals surface area contributed by atoms with E-state index in [1.165, 1.54) is 12.1 Å². The summed E-state index contributed by atoms with van der Waals surface area (Å²) < 4.78 is 12.9. The normalized spacial score (nSPS) is 11.1. The minimum Gasteiger partial charge on any atom is -0.397 e. The van der Waals surface area contributed by atoms with E-state index in [0.717, 1.165) is 0 Å². The molecule has 0 fully saturated rings. The Bertz CT molecular complexity index is 350. The molecule has 4 heteroatoms. The number of nitrogens with one attached hydrogen (secondary N) is 1. The molecule has 0 aliphatic rings. The van der Waals surface area contributed by atoms with Crippen molar-refractivity contribution in [3.63, 3.8) is 0 Å². The first kappa shape index (κ1) is 11.0. The lowest BCUT2D eigenvalue weighted by Gasteiger charge is -2.03. The van der Waals surface area contributed by atoms with E-state index in [1.807, 2.05) is 13.1 Å². The highest BCUT2D eigenvalue weighted by atomic mass is 35.5. The van der Waals surface area contributed by atoms with Crippen LogP contribution in [0.1, 0.15) is 5.56 Å². The van der Waals surface area contributed by atoms with Gasteiger partial charge in [-0.15, -0.1) is 0 Å². The summed E-state index contributed by atoms with van der Waals surface area (Å²) in [7, 11) is 1.83. The van der Waals surface area contributed by atoms with E-state index >= 15 is 0 Å². The van der Waals surface area contributed by atoms with Crippen LogP contribution in [0, 0.1) is 5.82 Å². The lowest BCUT2D eigenvalue weighted by atomic mass is 10.1. The first-order chi connectivity index (χ1) is 6.65. The van der Waals surface area contributed by atoms with Gasteiger partial charge in [-0.05, 0) is 19.2 Å². The number of hydrogen-bond donors (Lipinski definition) is 2. The van der Waals surface area contributed by atoms with Gasteiger partial charge in [0.1, 0.15) is 5.82 Å². The summed E-state index contributed by atoms with van der Waals surface area (Å²) in [5.41, 5.74) is 6.67. The summed E-state index contributed by atoms with van der Waals surface area (Å²) in [5.74, 6) is -0.381. The summed E-state index contributed by atoms with van der Waals surface area (Å²) in [6.07, 6.45) is 3.59. The maximum Gasteiger partial charge on any atom is 0.125 e. The van der Waals surface area contributed by atoms with Crippen molar-refractivity contribution in [3.05, 3.63) is 34.6 Å². The molecule has 0 radical (unpaired) electrons. The molecule has 3 N–H and O–H groups in total. The third-order valence-corrected chi connectivity index (χ3v) is 2.06. The van der Waals surface area contributed by atoms with Gasteiger partial charge in [0.2, 0.25) is 0 Å². The van der Waals surface area contributed by atoms with Crippen LogP contribution in [0.4, 0.5) is 10.1 Å². The van der Waals surface area contributed by atoms with Crippen molar-refractivity contribution in [3.8, 4) is 0 Å². The lowest BCUT2D eigenvalue weighted by Crippen LogP contribution is -2.03. The predicted octanol–water partition coefficient (Wildman–Crippen LogP) is 2.29. The van der Waals surface area contributed by atoms with E-state index in [0.29, 0.717) is 17.8 Å². The lowest BCUT2D eigenvalue weighted by molar-refractivity contribution is 0.628. The van der Waals surface area contributed by atoms with Gasteiger partial charge in [-0.2, -0.15) is 0 Å². The number of nitrogen functional groups attached to an aromatic ring is 1. The molecule has 1 aromatic rings. The number of rotatable bonds is 3. The Kier molecular flexibility index (Phi) is 3.92. The van der Waals surface area contributed by atoms with E-state index in [-0.39, 0.29) is 10.8 Å². The molecular weight excluding hydrogens is 203 g/mol. The molecule has 76 valence electrons. The third-order valence-electron chi connectivity index (χ3n) is 1.75. The van der Waals surface area contributed by atoms with Crippen molar-refractivity contribution in [2.75, 3.05) is 19.3 Å². The largest absolute Gasteiger partial charge is 0.397 e. The fraction of sp³-hybridized carbons (Fsp3) is 0.200. The van der Waals surface area contributed by atoms with Crippen LogP contribution in [0.15, 0.2) is 18.2 Å². The maximum absolute atomic E-state index is 12.9. The Labute approximate surface area is 87.6 Å². The number of likely N-dealkylation sites (N-methyl/N-ethyl adjacent to an activating group) is 1. The Balaban J connectivity index is 2.96. The monoisotopic (exact) mass is 214 g/mol. The van der Waals surface area contributed by atoms with Gasteiger partial charge >= 0.3 is 0 Å². The molecular formula is C10H12ClFN2. The molecule has 2 nitrogen and oxygen atoms in total. The molecule has 0 aliphatic carbocycles. The second-order valence-corrected chi connectivity index (χ2v) is 3.26. The minimum atomic E-state index is -0.381. The van der Waals surface area contributed by atoms with Crippen LogP contribution in [0.5, 0.6) is 0 Å². The second kappa shape index (κ2) is 4.98. The van der Waals surface area contributed by atoms with Crippen LogP contribution in [-0.2, 0) is 0 Å². The van der Waals surface area contributed by atoms with Gasteiger partial charge in [-0.1, -0.05) is 23.8 Å². The predicted molar refractivity (Wildman–Crippen MR) is 58.8 cm³/mol. The first-order valence-electron chi connectivity index (χ1n) is 4.21. The van der Waals surface area contributed by atoms with Crippen LogP contribution >= 0.6 is 11.6 Å². The van der Waals surface area contributed by atoms with Crippen molar-refractivity contribution in [1.82, 2.24) is 5.32 Å². The van der Waals surface area contributed by atoms with Gasteiger partial charge in [-0.25, -0.2) is 4.39 Å². The highest BCUT2D eigenvalue weighted by molar-refractivity contribution is 6.33.